The third-order valence-corrected chi connectivity index (χ3v) is 2.14. The molecule has 0 saturated carbocycles. The molecule has 0 spiro atoms. The Labute approximate surface area is 68.5 Å². The summed E-state index contributed by atoms with van der Waals surface area (Å²) >= 11 is 0. The molecular formula is C6H9NO5. The van der Waals surface area contributed by atoms with Gasteiger partial charge >= 0.3 is 0 Å². The van der Waals surface area contributed by atoms with Gasteiger partial charge in [0.1, 0.15) is 6.10 Å². The van der Waals surface area contributed by atoms with E-state index in [9.17, 15) is 10.1 Å². The van der Waals surface area contributed by atoms with Gasteiger partial charge in [-0.2, -0.15) is 0 Å². The molecule has 2 rings (SSSR count). The van der Waals surface area contributed by atoms with Crippen molar-refractivity contribution < 1.29 is 19.4 Å². The van der Waals surface area contributed by atoms with Crippen LogP contribution in [0.15, 0.2) is 0 Å². The Bertz CT molecular complexity index is 196. The predicted octanol–water partition coefficient (Wildman–Crippen LogP) is -0.249. The van der Waals surface area contributed by atoms with Gasteiger partial charge in [0.25, 0.3) is 5.09 Å². The zero-order chi connectivity index (χ0) is 8.55. The van der Waals surface area contributed by atoms with Gasteiger partial charge in [-0.25, -0.2) is 0 Å². The summed E-state index contributed by atoms with van der Waals surface area (Å²) in [6, 6.07) is 0. The minimum Gasteiger partial charge on any atom is -0.373 e. The van der Waals surface area contributed by atoms with Gasteiger partial charge < -0.3 is 14.3 Å². The first kappa shape index (κ1) is 7.75. The maximum Gasteiger partial charge on any atom is 0.294 e. The molecule has 2 aliphatic rings. The maximum atomic E-state index is 10.0. The van der Waals surface area contributed by atoms with Gasteiger partial charge in [-0.3, -0.25) is 0 Å². The summed E-state index contributed by atoms with van der Waals surface area (Å²) in [5.41, 5.74) is 0. The van der Waals surface area contributed by atoms with Crippen LogP contribution in [0, 0.1) is 10.1 Å². The lowest BCUT2D eigenvalue weighted by Crippen LogP contribution is -2.31. The van der Waals surface area contributed by atoms with E-state index in [0.29, 0.717) is 6.61 Å². The standard InChI is InChI=1S/C6H9NO5/c8-7(9)12-5-3-11-4-1-2-10-6(4)5/h4-6H,1-3H2/t4-,5?,6+/m1/s1. The summed E-state index contributed by atoms with van der Waals surface area (Å²) < 4.78 is 10.5. The van der Waals surface area contributed by atoms with Crippen molar-refractivity contribution in [1.82, 2.24) is 0 Å². The van der Waals surface area contributed by atoms with Gasteiger partial charge in [0.15, 0.2) is 6.10 Å². The van der Waals surface area contributed by atoms with Crippen LogP contribution in [0.5, 0.6) is 0 Å². The minimum atomic E-state index is -0.794. The monoisotopic (exact) mass is 175 g/mol. The zero-order valence-electron chi connectivity index (χ0n) is 6.34. The zero-order valence-corrected chi connectivity index (χ0v) is 6.34. The van der Waals surface area contributed by atoms with Gasteiger partial charge in [0, 0.05) is 6.61 Å². The normalized spacial score (nSPS) is 39.5. The molecule has 0 aromatic rings. The minimum absolute atomic E-state index is 0.00468. The highest BCUT2D eigenvalue weighted by atomic mass is 17.0. The van der Waals surface area contributed by atoms with Gasteiger partial charge in [-0.1, -0.05) is 0 Å². The molecule has 0 amide bonds. The molecule has 0 radical (unpaired) electrons. The Hall–Kier alpha value is -0.880. The van der Waals surface area contributed by atoms with Gasteiger partial charge in [0.05, 0.1) is 12.7 Å². The summed E-state index contributed by atoms with van der Waals surface area (Å²) in [7, 11) is 0. The molecule has 6 heteroatoms. The van der Waals surface area contributed by atoms with Crippen molar-refractivity contribution in [2.75, 3.05) is 13.2 Å². The second-order valence-corrected chi connectivity index (χ2v) is 2.86. The first-order valence-electron chi connectivity index (χ1n) is 3.82. The molecule has 2 saturated heterocycles. The first-order valence-corrected chi connectivity index (χ1v) is 3.82. The van der Waals surface area contributed by atoms with Crippen molar-refractivity contribution in [1.29, 1.82) is 0 Å². The highest BCUT2D eigenvalue weighted by molar-refractivity contribution is 4.89. The van der Waals surface area contributed by atoms with E-state index >= 15 is 0 Å². The SMILES string of the molecule is O=[N+]([O-])OC1CO[C@@H]2CCO[C@H]12. The quantitative estimate of drug-likeness (QED) is 0.427. The summed E-state index contributed by atoms with van der Waals surface area (Å²) in [5.74, 6) is 0. The van der Waals surface area contributed by atoms with Crippen LogP contribution >= 0.6 is 0 Å². The number of rotatable bonds is 2. The summed E-state index contributed by atoms with van der Waals surface area (Å²) in [6.45, 7) is 0.864. The molecule has 0 aromatic carbocycles. The maximum absolute atomic E-state index is 10.0. The summed E-state index contributed by atoms with van der Waals surface area (Å²) in [4.78, 5) is 14.4. The average Bonchev–Trinajstić information content (AvgIpc) is 2.52. The second-order valence-electron chi connectivity index (χ2n) is 2.86. The fourth-order valence-electron chi connectivity index (χ4n) is 1.63. The number of nitrogens with zero attached hydrogens (tertiary/aromatic N) is 1. The Kier molecular flexibility index (Phi) is 1.86. The highest BCUT2D eigenvalue weighted by Gasteiger charge is 2.43. The van der Waals surface area contributed by atoms with E-state index in [1.54, 1.807) is 0 Å². The van der Waals surface area contributed by atoms with Crippen LogP contribution in [0.25, 0.3) is 0 Å². The molecule has 2 fully saturated rings. The molecule has 1 unspecified atom stereocenters. The molecule has 68 valence electrons. The lowest BCUT2D eigenvalue weighted by Gasteiger charge is -2.12. The molecule has 2 heterocycles. The summed E-state index contributed by atoms with van der Waals surface area (Å²) in [5, 5.41) is 9.22. The number of hydrogen-bond donors (Lipinski definition) is 0. The van der Waals surface area contributed by atoms with E-state index in [0.717, 1.165) is 6.42 Å². The lowest BCUT2D eigenvalue weighted by atomic mass is 10.1. The van der Waals surface area contributed by atoms with Crippen molar-refractivity contribution >= 4 is 0 Å². The Morgan fingerprint density at radius 3 is 3.08 bits per heavy atom. The van der Waals surface area contributed by atoms with E-state index in [1.165, 1.54) is 0 Å². The van der Waals surface area contributed by atoms with Crippen LogP contribution in [-0.2, 0) is 14.3 Å². The third-order valence-electron chi connectivity index (χ3n) is 2.14. The lowest BCUT2D eigenvalue weighted by molar-refractivity contribution is -0.769. The number of ether oxygens (including phenoxy) is 2. The number of fused-ring (bicyclic) bond motifs is 1. The highest BCUT2D eigenvalue weighted by Crippen LogP contribution is 2.28. The van der Waals surface area contributed by atoms with Gasteiger partial charge in [0.2, 0.25) is 0 Å². The smallest absolute Gasteiger partial charge is 0.294 e. The van der Waals surface area contributed by atoms with E-state index in [4.69, 9.17) is 9.47 Å². The first-order chi connectivity index (χ1) is 5.77. The van der Waals surface area contributed by atoms with Gasteiger partial charge in [-0.05, 0) is 6.42 Å². The molecule has 0 bridgehead atoms. The molecule has 0 N–H and O–H groups in total. The molecule has 3 atom stereocenters. The molecule has 0 aromatic heterocycles. The van der Waals surface area contributed by atoms with Crippen LogP contribution in [0.2, 0.25) is 0 Å². The number of hydrogen-bond acceptors (Lipinski definition) is 5. The Morgan fingerprint density at radius 2 is 2.33 bits per heavy atom. The van der Waals surface area contributed by atoms with Crippen molar-refractivity contribution in [2.24, 2.45) is 0 Å². The van der Waals surface area contributed by atoms with Crippen molar-refractivity contribution in [3.8, 4) is 0 Å². The van der Waals surface area contributed by atoms with E-state index in [1.807, 2.05) is 0 Å². The van der Waals surface area contributed by atoms with Crippen LogP contribution < -0.4 is 0 Å². The molecule has 0 aliphatic carbocycles. The van der Waals surface area contributed by atoms with Crippen LogP contribution in [-0.4, -0.2) is 36.6 Å². The average molecular weight is 175 g/mol. The molecule has 6 nitrogen and oxygen atoms in total. The van der Waals surface area contributed by atoms with Crippen molar-refractivity contribution in [3.05, 3.63) is 10.1 Å². The van der Waals surface area contributed by atoms with Gasteiger partial charge in [-0.15, -0.1) is 10.1 Å². The van der Waals surface area contributed by atoms with Crippen LogP contribution in [0.3, 0.4) is 0 Å². The summed E-state index contributed by atoms with van der Waals surface area (Å²) in [6.07, 6.45) is 0.0280. The molecule has 2 aliphatic heterocycles. The fraction of sp³-hybridized carbons (Fsp3) is 1.00. The van der Waals surface area contributed by atoms with Crippen molar-refractivity contribution in [2.45, 2.75) is 24.7 Å². The second kappa shape index (κ2) is 2.87. The van der Waals surface area contributed by atoms with Crippen LogP contribution in [0.1, 0.15) is 6.42 Å². The van der Waals surface area contributed by atoms with E-state index < -0.39 is 11.2 Å². The van der Waals surface area contributed by atoms with Crippen LogP contribution in [0.4, 0.5) is 0 Å². The third kappa shape index (κ3) is 1.23. The van der Waals surface area contributed by atoms with E-state index in [-0.39, 0.29) is 18.8 Å². The largest absolute Gasteiger partial charge is 0.373 e. The Morgan fingerprint density at radius 1 is 1.50 bits per heavy atom. The topological polar surface area (TPSA) is 70.8 Å². The predicted molar refractivity (Wildman–Crippen MR) is 36.0 cm³/mol. The molecule has 12 heavy (non-hydrogen) atoms. The van der Waals surface area contributed by atoms with E-state index in [2.05, 4.69) is 4.84 Å². The Balaban J connectivity index is 1.95. The fourth-order valence-corrected chi connectivity index (χ4v) is 1.63. The van der Waals surface area contributed by atoms with Crippen molar-refractivity contribution in [3.63, 3.8) is 0 Å². The molecular weight excluding hydrogens is 166 g/mol.